The number of carbonyl (C=O) groups excluding carboxylic acids is 2. The molecule has 7 heteroatoms. The van der Waals surface area contributed by atoms with Crippen LogP contribution in [0.5, 0.6) is 0 Å². The van der Waals surface area contributed by atoms with Gasteiger partial charge in [0, 0.05) is 24.7 Å². The lowest BCUT2D eigenvalue weighted by Gasteiger charge is -2.30. The Morgan fingerprint density at radius 1 is 1.30 bits per heavy atom. The summed E-state index contributed by atoms with van der Waals surface area (Å²) in [4.78, 5) is 32.1. The number of carbonyl (C=O) groups is 2. The summed E-state index contributed by atoms with van der Waals surface area (Å²) in [5, 5.41) is 10.1. The fraction of sp³-hybridized carbons (Fsp3) is 0.391. The normalized spacial score (nSPS) is 16.4. The van der Waals surface area contributed by atoms with Crippen LogP contribution in [0.15, 0.2) is 35.4 Å². The molecular weight excluding hydrogens is 398 g/mol. The van der Waals surface area contributed by atoms with Crippen LogP contribution in [0.4, 0.5) is 0 Å². The van der Waals surface area contributed by atoms with E-state index in [2.05, 4.69) is 17.1 Å². The first-order valence-corrected chi connectivity index (χ1v) is 11.3. The highest BCUT2D eigenvalue weighted by Gasteiger charge is 2.31. The van der Waals surface area contributed by atoms with Crippen molar-refractivity contribution in [2.24, 2.45) is 0 Å². The van der Waals surface area contributed by atoms with E-state index in [1.54, 1.807) is 17.9 Å². The lowest BCUT2D eigenvalue weighted by Crippen LogP contribution is -2.42. The molecule has 4 rings (SSSR count). The summed E-state index contributed by atoms with van der Waals surface area (Å²) >= 11 is 1.34. The number of aromatic nitrogens is 1. The van der Waals surface area contributed by atoms with E-state index >= 15 is 0 Å². The summed E-state index contributed by atoms with van der Waals surface area (Å²) in [6.45, 7) is 2.70. The Labute approximate surface area is 180 Å². The van der Waals surface area contributed by atoms with Crippen LogP contribution in [0.3, 0.4) is 0 Å². The van der Waals surface area contributed by atoms with Crippen molar-refractivity contribution in [2.75, 3.05) is 12.8 Å². The maximum atomic E-state index is 12.9. The van der Waals surface area contributed by atoms with Crippen molar-refractivity contribution >= 4 is 23.6 Å². The van der Waals surface area contributed by atoms with Gasteiger partial charge in [0.15, 0.2) is 6.10 Å². The van der Waals surface area contributed by atoms with Crippen molar-refractivity contribution in [3.63, 3.8) is 0 Å². The number of hydrogen-bond acceptors (Lipinski definition) is 6. The second-order valence-electron chi connectivity index (χ2n) is 7.69. The van der Waals surface area contributed by atoms with Crippen LogP contribution in [0.1, 0.15) is 58.4 Å². The number of thioether (sulfide) groups is 1. The zero-order valence-corrected chi connectivity index (χ0v) is 17.9. The largest absolute Gasteiger partial charge is 0.449 e. The fourth-order valence-corrected chi connectivity index (χ4v) is 4.32. The first kappa shape index (κ1) is 20.4. The number of rotatable bonds is 5. The topological polar surface area (TPSA) is 83.3 Å². The van der Waals surface area contributed by atoms with Gasteiger partial charge in [0.1, 0.15) is 11.1 Å². The summed E-state index contributed by atoms with van der Waals surface area (Å²) in [6, 6.07) is 11.8. The Kier molecular flexibility index (Phi) is 5.78. The highest BCUT2D eigenvalue weighted by molar-refractivity contribution is 7.98. The minimum absolute atomic E-state index is 0.197. The minimum Gasteiger partial charge on any atom is -0.449 e. The molecule has 1 amide bonds. The summed E-state index contributed by atoms with van der Waals surface area (Å²) in [6.07, 6.45) is 3.76. The summed E-state index contributed by atoms with van der Waals surface area (Å²) in [5.74, 6) is -0.537. The maximum Gasteiger partial charge on any atom is 0.340 e. The number of nitrogens with zero attached hydrogens (tertiary/aromatic N) is 3. The van der Waals surface area contributed by atoms with E-state index in [4.69, 9.17) is 4.74 Å². The van der Waals surface area contributed by atoms with Gasteiger partial charge in [-0.2, -0.15) is 5.26 Å². The molecule has 1 aromatic heterocycles. The number of hydrogen-bond donors (Lipinski definition) is 0. The second kappa shape index (κ2) is 8.49. The first-order chi connectivity index (χ1) is 14.5. The molecule has 1 aliphatic heterocycles. The average Bonchev–Trinajstić information content (AvgIpc) is 3.62. The summed E-state index contributed by atoms with van der Waals surface area (Å²) in [7, 11) is 0. The predicted molar refractivity (Wildman–Crippen MR) is 113 cm³/mol. The molecule has 2 heterocycles. The van der Waals surface area contributed by atoms with Crippen LogP contribution in [0, 0.1) is 11.3 Å². The number of esters is 1. The van der Waals surface area contributed by atoms with Crippen molar-refractivity contribution in [3.8, 4) is 6.07 Å². The van der Waals surface area contributed by atoms with Crippen molar-refractivity contribution in [1.29, 1.82) is 5.26 Å². The molecule has 2 aromatic rings. The molecule has 0 spiro atoms. The Morgan fingerprint density at radius 3 is 2.70 bits per heavy atom. The maximum absolute atomic E-state index is 12.9. The van der Waals surface area contributed by atoms with Crippen molar-refractivity contribution in [2.45, 2.75) is 49.8 Å². The molecule has 0 unspecified atom stereocenters. The molecule has 1 saturated carbocycles. The Morgan fingerprint density at radius 2 is 2.03 bits per heavy atom. The molecule has 0 saturated heterocycles. The lowest BCUT2D eigenvalue weighted by atomic mass is 9.99. The SMILES string of the molecule is CSc1nc(C2CC2)cc(C(=O)O[C@H](C)C(=O)N2CCc3ccccc3C2)c1C#N. The molecule has 2 aliphatic rings. The third-order valence-electron chi connectivity index (χ3n) is 5.60. The smallest absolute Gasteiger partial charge is 0.340 e. The highest BCUT2D eigenvalue weighted by atomic mass is 32.2. The van der Waals surface area contributed by atoms with E-state index in [1.807, 2.05) is 24.5 Å². The van der Waals surface area contributed by atoms with E-state index in [0.717, 1.165) is 30.5 Å². The van der Waals surface area contributed by atoms with E-state index in [1.165, 1.54) is 17.3 Å². The number of pyridine rings is 1. The third kappa shape index (κ3) is 4.05. The van der Waals surface area contributed by atoms with Crippen LogP contribution in [-0.4, -0.2) is 40.7 Å². The molecule has 6 nitrogen and oxygen atoms in total. The molecule has 0 radical (unpaired) electrons. The van der Waals surface area contributed by atoms with Gasteiger partial charge in [0.2, 0.25) is 0 Å². The number of ether oxygens (including phenoxy) is 1. The van der Waals surface area contributed by atoms with Crippen LogP contribution in [0.25, 0.3) is 0 Å². The van der Waals surface area contributed by atoms with E-state index in [0.29, 0.717) is 24.0 Å². The number of fused-ring (bicyclic) bond motifs is 1. The third-order valence-corrected chi connectivity index (χ3v) is 6.28. The Hall–Kier alpha value is -2.85. The van der Waals surface area contributed by atoms with Crippen molar-refractivity contribution < 1.29 is 14.3 Å². The van der Waals surface area contributed by atoms with Crippen LogP contribution in [-0.2, 0) is 22.5 Å². The molecule has 30 heavy (non-hydrogen) atoms. The minimum atomic E-state index is -0.926. The standard InChI is InChI=1S/C23H23N3O3S/c1-14(22(27)26-10-9-15-5-3-4-6-17(15)13-26)29-23(28)18-11-20(16-7-8-16)25-21(30-2)19(18)12-24/h3-6,11,14,16H,7-10,13H2,1-2H3/t14-/m1/s1. The van der Waals surface area contributed by atoms with Crippen LogP contribution >= 0.6 is 11.8 Å². The predicted octanol–water partition coefficient (Wildman–Crippen LogP) is 3.68. The van der Waals surface area contributed by atoms with Gasteiger partial charge < -0.3 is 9.64 Å². The number of benzene rings is 1. The Balaban J connectivity index is 1.50. The monoisotopic (exact) mass is 421 g/mol. The van der Waals surface area contributed by atoms with Crippen molar-refractivity contribution in [1.82, 2.24) is 9.88 Å². The average molecular weight is 422 g/mol. The van der Waals surface area contributed by atoms with Crippen LogP contribution in [0.2, 0.25) is 0 Å². The zero-order valence-electron chi connectivity index (χ0n) is 17.1. The van der Waals surface area contributed by atoms with Gasteiger partial charge in [-0.1, -0.05) is 24.3 Å². The van der Waals surface area contributed by atoms with Gasteiger partial charge in [0.05, 0.1) is 11.1 Å². The molecule has 1 fully saturated rings. The zero-order chi connectivity index (χ0) is 21.3. The fourth-order valence-electron chi connectivity index (χ4n) is 3.76. The van der Waals surface area contributed by atoms with Gasteiger partial charge in [-0.25, -0.2) is 9.78 Å². The van der Waals surface area contributed by atoms with E-state index in [-0.39, 0.29) is 17.0 Å². The number of amides is 1. The molecule has 1 aromatic carbocycles. The van der Waals surface area contributed by atoms with Gasteiger partial charge >= 0.3 is 5.97 Å². The first-order valence-electron chi connectivity index (χ1n) is 10.1. The summed E-state index contributed by atoms with van der Waals surface area (Å²) < 4.78 is 5.52. The molecule has 1 aliphatic carbocycles. The Bertz CT molecular complexity index is 1040. The second-order valence-corrected chi connectivity index (χ2v) is 8.49. The van der Waals surface area contributed by atoms with Gasteiger partial charge in [-0.3, -0.25) is 4.79 Å². The van der Waals surface area contributed by atoms with Gasteiger partial charge in [-0.15, -0.1) is 11.8 Å². The van der Waals surface area contributed by atoms with E-state index in [9.17, 15) is 14.9 Å². The molecule has 1 atom stereocenters. The molecular formula is C23H23N3O3S. The van der Waals surface area contributed by atoms with E-state index < -0.39 is 12.1 Å². The molecule has 154 valence electrons. The highest BCUT2D eigenvalue weighted by Crippen LogP contribution is 2.40. The van der Waals surface area contributed by atoms with Gasteiger partial charge in [0.25, 0.3) is 5.91 Å². The number of nitriles is 1. The lowest BCUT2D eigenvalue weighted by molar-refractivity contribution is -0.140. The van der Waals surface area contributed by atoms with Crippen LogP contribution < -0.4 is 0 Å². The summed E-state index contributed by atoms with van der Waals surface area (Å²) in [5.41, 5.74) is 3.59. The van der Waals surface area contributed by atoms with Gasteiger partial charge in [-0.05, 0) is 49.6 Å². The van der Waals surface area contributed by atoms with Crippen molar-refractivity contribution in [3.05, 3.63) is 58.3 Å². The molecule has 0 bridgehead atoms. The molecule has 0 N–H and O–H groups in total. The quantitative estimate of drug-likeness (QED) is 0.541.